The second-order valence-corrected chi connectivity index (χ2v) is 6.81. The number of fused-ring (bicyclic) bond motifs is 1. The minimum atomic E-state index is -0.154. The lowest BCUT2D eigenvalue weighted by Crippen LogP contribution is -2.27. The van der Waals surface area contributed by atoms with Gasteiger partial charge in [0.1, 0.15) is 0 Å². The van der Waals surface area contributed by atoms with Crippen LogP contribution < -0.4 is 10.9 Å². The Hall–Kier alpha value is -2.37. The summed E-state index contributed by atoms with van der Waals surface area (Å²) in [6, 6.07) is 14.9. The van der Waals surface area contributed by atoms with Crippen molar-refractivity contribution < 1.29 is 0 Å². The van der Waals surface area contributed by atoms with Gasteiger partial charge in [-0.1, -0.05) is 37.6 Å². The maximum atomic E-state index is 13.1. The van der Waals surface area contributed by atoms with Crippen molar-refractivity contribution in [1.29, 1.82) is 0 Å². The van der Waals surface area contributed by atoms with Gasteiger partial charge in [0.05, 0.1) is 11.0 Å². The highest BCUT2D eigenvalue weighted by molar-refractivity contribution is 6.30. The molecule has 1 heterocycles. The maximum absolute atomic E-state index is 13.1. The summed E-state index contributed by atoms with van der Waals surface area (Å²) in [4.78, 5) is 20.0. The van der Waals surface area contributed by atoms with E-state index in [4.69, 9.17) is 11.6 Å². The predicted octanol–water partition coefficient (Wildman–Crippen LogP) is 4.18. The molecule has 6 heteroatoms. The highest BCUT2D eigenvalue weighted by Gasteiger charge is 2.12. The Morgan fingerprint density at radius 2 is 1.78 bits per heavy atom. The fourth-order valence-corrected chi connectivity index (χ4v) is 3.27. The lowest BCUT2D eigenvalue weighted by Gasteiger charge is -2.18. The Bertz CT molecular complexity index is 949. The van der Waals surface area contributed by atoms with Gasteiger partial charge in [-0.2, -0.15) is 0 Å². The number of hydrogen-bond donors (Lipinski definition) is 1. The van der Waals surface area contributed by atoms with E-state index >= 15 is 0 Å². The molecule has 0 radical (unpaired) electrons. The second-order valence-electron chi connectivity index (χ2n) is 6.37. The van der Waals surface area contributed by atoms with E-state index < -0.39 is 0 Å². The lowest BCUT2D eigenvalue weighted by molar-refractivity contribution is 0.303. The molecule has 1 N–H and O–H groups in total. The number of aromatic nitrogens is 2. The van der Waals surface area contributed by atoms with Gasteiger partial charge in [-0.15, -0.1) is 0 Å². The number of nitrogens with one attached hydrogen (secondary N) is 1. The molecule has 3 aromatic rings. The van der Waals surface area contributed by atoms with Crippen molar-refractivity contribution in [2.45, 2.75) is 20.3 Å². The van der Waals surface area contributed by atoms with Gasteiger partial charge in [0.25, 0.3) is 5.56 Å². The van der Waals surface area contributed by atoms with E-state index in [9.17, 15) is 4.79 Å². The first-order valence-corrected chi connectivity index (χ1v) is 9.75. The number of halogens is 1. The summed E-state index contributed by atoms with van der Waals surface area (Å²) >= 11 is 6.01. The van der Waals surface area contributed by atoms with E-state index in [2.05, 4.69) is 29.0 Å². The van der Waals surface area contributed by atoms with Crippen LogP contribution in [0.2, 0.25) is 5.02 Å². The monoisotopic (exact) mass is 384 g/mol. The van der Waals surface area contributed by atoms with E-state index in [0.717, 1.165) is 42.8 Å². The molecule has 0 atom stereocenters. The average molecular weight is 385 g/mol. The molecule has 0 bridgehead atoms. The average Bonchev–Trinajstić information content (AvgIpc) is 2.69. The maximum Gasteiger partial charge on any atom is 0.298 e. The van der Waals surface area contributed by atoms with Gasteiger partial charge in [-0.05, 0) is 62.5 Å². The highest BCUT2D eigenvalue weighted by atomic mass is 35.5. The van der Waals surface area contributed by atoms with Crippen LogP contribution in [-0.4, -0.2) is 40.6 Å². The molecule has 2 aromatic carbocycles. The van der Waals surface area contributed by atoms with Gasteiger partial charge in [0.2, 0.25) is 0 Å². The molecule has 5 nitrogen and oxygen atoms in total. The molecule has 0 fully saturated rings. The molecule has 0 saturated heterocycles. The summed E-state index contributed by atoms with van der Waals surface area (Å²) in [7, 11) is 0. The fraction of sp³-hybridized carbons (Fsp3) is 0.333. The van der Waals surface area contributed by atoms with Crippen molar-refractivity contribution in [3.05, 3.63) is 63.9 Å². The quantitative estimate of drug-likeness (QED) is 0.592. The molecule has 0 aliphatic heterocycles. The third-order valence-electron chi connectivity index (χ3n) is 4.68. The molecule has 142 valence electrons. The number of benzene rings is 2. The third kappa shape index (κ3) is 4.49. The Morgan fingerprint density at radius 1 is 1.07 bits per heavy atom. The van der Waals surface area contributed by atoms with Crippen LogP contribution in [0.4, 0.5) is 5.82 Å². The topological polar surface area (TPSA) is 50.2 Å². The summed E-state index contributed by atoms with van der Waals surface area (Å²) in [6.45, 7) is 8.10. The number of hydrogen-bond acceptors (Lipinski definition) is 4. The first kappa shape index (κ1) is 19.4. The molecule has 3 rings (SSSR count). The molecule has 0 aliphatic carbocycles. The zero-order valence-corrected chi connectivity index (χ0v) is 16.5. The number of rotatable bonds is 8. The summed E-state index contributed by atoms with van der Waals surface area (Å²) in [5.74, 6) is 0.378. The number of nitrogens with zero attached hydrogens (tertiary/aromatic N) is 3. The lowest BCUT2D eigenvalue weighted by atomic mass is 10.2. The molecule has 0 aliphatic rings. The Morgan fingerprint density at radius 3 is 2.48 bits per heavy atom. The Labute approximate surface area is 164 Å². The van der Waals surface area contributed by atoms with Crippen LogP contribution >= 0.6 is 11.6 Å². The van der Waals surface area contributed by atoms with Gasteiger partial charge < -0.3 is 10.2 Å². The number of para-hydroxylation sites is 2. The minimum Gasteiger partial charge on any atom is -0.365 e. The van der Waals surface area contributed by atoms with Gasteiger partial charge in [0.15, 0.2) is 5.82 Å². The zero-order valence-electron chi connectivity index (χ0n) is 15.8. The van der Waals surface area contributed by atoms with Crippen molar-refractivity contribution in [2.24, 2.45) is 0 Å². The Kier molecular flexibility index (Phi) is 6.48. The largest absolute Gasteiger partial charge is 0.365 e. The molecule has 1 aromatic heterocycles. The van der Waals surface area contributed by atoms with Crippen LogP contribution in [0.1, 0.15) is 20.3 Å². The molecule has 27 heavy (non-hydrogen) atoms. The van der Waals surface area contributed by atoms with Crippen molar-refractivity contribution >= 4 is 28.5 Å². The summed E-state index contributed by atoms with van der Waals surface area (Å²) in [5.41, 5.74) is 2.17. The highest BCUT2D eigenvalue weighted by Crippen LogP contribution is 2.18. The fourth-order valence-electron chi connectivity index (χ4n) is 3.14. The van der Waals surface area contributed by atoms with Crippen molar-refractivity contribution in [2.75, 3.05) is 31.5 Å². The van der Waals surface area contributed by atoms with E-state index in [1.54, 1.807) is 16.7 Å². The van der Waals surface area contributed by atoms with Gasteiger partial charge in [-0.3, -0.25) is 9.36 Å². The van der Waals surface area contributed by atoms with E-state index in [1.165, 1.54) is 0 Å². The standard InChI is InChI=1S/C21H25ClN4O/c1-3-25(4-2)15-7-14-23-20-21(27)26(17-12-10-16(22)11-13-17)19-9-6-5-8-18(19)24-20/h5-6,8-13H,3-4,7,14-15H2,1-2H3,(H,23,24). The summed E-state index contributed by atoms with van der Waals surface area (Å²) in [6.07, 6.45) is 0.955. The van der Waals surface area contributed by atoms with Crippen LogP contribution in [0.25, 0.3) is 16.7 Å². The summed E-state index contributed by atoms with van der Waals surface area (Å²) < 4.78 is 1.69. The smallest absolute Gasteiger partial charge is 0.298 e. The Balaban J connectivity index is 1.91. The van der Waals surface area contributed by atoms with Crippen LogP contribution in [0, 0.1) is 0 Å². The van der Waals surface area contributed by atoms with Gasteiger partial charge in [-0.25, -0.2) is 4.98 Å². The first-order chi connectivity index (χ1) is 13.1. The summed E-state index contributed by atoms with van der Waals surface area (Å²) in [5, 5.41) is 3.87. The molecule has 0 spiro atoms. The van der Waals surface area contributed by atoms with Gasteiger partial charge in [0, 0.05) is 17.3 Å². The van der Waals surface area contributed by atoms with Crippen molar-refractivity contribution in [3.8, 4) is 5.69 Å². The third-order valence-corrected chi connectivity index (χ3v) is 4.94. The molecule has 0 saturated carbocycles. The predicted molar refractivity (Wildman–Crippen MR) is 113 cm³/mol. The molecular formula is C21H25ClN4O. The van der Waals surface area contributed by atoms with Crippen molar-refractivity contribution in [1.82, 2.24) is 14.5 Å². The molecule has 0 amide bonds. The van der Waals surface area contributed by atoms with E-state index in [1.807, 2.05) is 36.4 Å². The van der Waals surface area contributed by atoms with Crippen LogP contribution in [0.3, 0.4) is 0 Å². The van der Waals surface area contributed by atoms with E-state index in [-0.39, 0.29) is 5.56 Å². The normalized spacial score (nSPS) is 11.3. The SMILES string of the molecule is CCN(CC)CCCNc1nc2ccccc2n(-c2ccc(Cl)cc2)c1=O. The van der Waals surface area contributed by atoms with E-state index in [0.29, 0.717) is 17.4 Å². The van der Waals surface area contributed by atoms with Crippen LogP contribution in [0.5, 0.6) is 0 Å². The van der Waals surface area contributed by atoms with Crippen LogP contribution in [-0.2, 0) is 0 Å². The second kappa shape index (κ2) is 9.02. The van der Waals surface area contributed by atoms with Gasteiger partial charge >= 0.3 is 0 Å². The minimum absolute atomic E-state index is 0.154. The van der Waals surface area contributed by atoms with Crippen LogP contribution in [0.15, 0.2) is 53.3 Å². The van der Waals surface area contributed by atoms with Crippen molar-refractivity contribution in [3.63, 3.8) is 0 Å². The first-order valence-electron chi connectivity index (χ1n) is 9.38. The number of anilines is 1. The molecular weight excluding hydrogens is 360 g/mol. The zero-order chi connectivity index (χ0) is 19.2. The molecule has 0 unspecified atom stereocenters.